The van der Waals surface area contributed by atoms with Gasteiger partial charge in [-0.2, -0.15) is 5.10 Å². The van der Waals surface area contributed by atoms with Crippen molar-refractivity contribution >= 4 is 5.91 Å². The number of hydrogen-bond donors (Lipinski definition) is 1. The molecular weight excluding hydrogens is 346 g/mol. The Bertz CT molecular complexity index is 909. The van der Waals surface area contributed by atoms with Crippen LogP contribution in [0.1, 0.15) is 74.6 Å². The molecule has 1 aromatic carbocycles. The molecule has 3 aliphatic rings. The molecule has 0 saturated heterocycles. The highest BCUT2D eigenvalue weighted by Crippen LogP contribution is 2.62. The average molecular weight is 378 g/mol. The molecule has 0 radical (unpaired) electrons. The van der Waals surface area contributed by atoms with Crippen LogP contribution in [0.4, 0.5) is 0 Å². The van der Waals surface area contributed by atoms with Crippen molar-refractivity contribution in [2.45, 2.75) is 71.8 Å². The van der Waals surface area contributed by atoms with E-state index < -0.39 is 0 Å². The molecule has 2 fully saturated rings. The summed E-state index contributed by atoms with van der Waals surface area (Å²) < 4.78 is 2.01. The second-order valence-electron chi connectivity index (χ2n) is 10.0. The maximum absolute atomic E-state index is 13.4. The van der Waals surface area contributed by atoms with Gasteiger partial charge in [0, 0.05) is 17.3 Å². The van der Waals surface area contributed by atoms with Gasteiger partial charge in [0.15, 0.2) is 5.69 Å². The maximum atomic E-state index is 13.4. The lowest BCUT2D eigenvalue weighted by atomic mass is 9.68. The molecule has 3 unspecified atom stereocenters. The van der Waals surface area contributed by atoms with Crippen LogP contribution in [0.5, 0.6) is 0 Å². The number of carbonyl (C=O) groups is 1. The molecule has 1 aromatic heterocycles. The Labute approximate surface area is 167 Å². The quantitative estimate of drug-likeness (QED) is 0.843. The second-order valence-corrected chi connectivity index (χ2v) is 10.0. The average Bonchev–Trinajstić information content (AvgIpc) is 3.33. The summed E-state index contributed by atoms with van der Waals surface area (Å²) in [5, 5.41) is 8.30. The molecule has 1 amide bonds. The SMILES string of the molecule is CC12CCC(C1)C(C)(C)C2NC(=O)c1nn(-c2ccccc2)c2c1CCCC2. The third-order valence-corrected chi connectivity index (χ3v) is 7.94. The molecule has 5 rings (SSSR count). The highest BCUT2D eigenvalue weighted by atomic mass is 16.2. The van der Waals surface area contributed by atoms with E-state index in [1.807, 2.05) is 22.9 Å². The van der Waals surface area contributed by atoms with Crippen LogP contribution in [0.25, 0.3) is 5.69 Å². The Hall–Kier alpha value is -2.10. The second kappa shape index (κ2) is 6.20. The van der Waals surface area contributed by atoms with E-state index in [0.717, 1.165) is 30.9 Å². The number of amides is 1. The summed E-state index contributed by atoms with van der Waals surface area (Å²) in [5.41, 5.74) is 4.48. The lowest BCUT2D eigenvalue weighted by Gasteiger charge is -2.43. The first-order valence-electron chi connectivity index (χ1n) is 10.9. The van der Waals surface area contributed by atoms with Gasteiger partial charge >= 0.3 is 0 Å². The van der Waals surface area contributed by atoms with Crippen LogP contribution in [0.2, 0.25) is 0 Å². The van der Waals surface area contributed by atoms with Crippen LogP contribution in [-0.2, 0) is 12.8 Å². The maximum Gasteiger partial charge on any atom is 0.272 e. The predicted molar refractivity (Wildman–Crippen MR) is 111 cm³/mol. The largest absolute Gasteiger partial charge is 0.347 e. The number of aromatic nitrogens is 2. The van der Waals surface area contributed by atoms with Crippen molar-refractivity contribution in [2.75, 3.05) is 0 Å². The number of nitrogens with zero attached hydrogens (tertiary/aromatic N) is 2. The lowest BCUT2D eigenvalue weighted by molar-refractivity contribution is 0.0732. The van der Waals surface area contributed by atoms with E-state index in [4.69, 9.17) is 5.10 Å². The van der Waals surface area contributed by atoms with Gasteiger partial charge in [-0.1, -0.05) is 39.0 Å². The van der Waals surface area contributed by atoms with Crippen LogP contribution in [-0.4, -0.2) is 21.7 Å². The fourth-order valence-electron chi connectivity index (χ4n) is 6.43. The first kappa shape index (κ1) is 18.0. The molecule has 148 valence electrons. The minimum absolute atomic E-state index is 0.0275. The topological polar surface area (TPSA) is 46.9 Å². The number of rotatable bonds is 3. The molecule has 3 atom stereocenters. The molecule has 2 aromatic rings. The Kier molecular flexibility index (Phi) is 3.98. The summed E-state index contributed by atoms with van der Waals surface area (Å²) in [5.74, 6) is 0.748. The Morgan fingerprint density at radius 3 is 2.61 bits per heavy atom. The van der Waals surface area contributed by atoms with Crippen molar-refractivity contribution in [2.24, 2.45) is 16.7 Å². The number of benzene rings is 1. The zero-order chi connectivity index (χ0) is 19.5. The monoisotopic (exact) mass is 377 g/mol. The summed E-state index contributed by atoms with van der Waals surface area (Å²) >= 11 is 0. The first-order valence-corrected chi connectivity index (χ1v) is 10.9. The highest BCUT2D eigenvalue weighted by Gasteiger charge is 2.59. The minimum Gasteiger partial charge on any atom is -0.347 e. The van der Waals surface area contributed by atoms with Crippen molar-refractivity contribution in [3.63, 3.8) is 0 Å². The lowest BCUT2D eigenvalue weighted by Crippen LogP contribution is -2.52. The van der Waals surface area contributed by atoms with E-state index in [-0.39, 0.29) is 22.8 Å². The number of nitrogens with one attached hydrogen (secondary N) is 1. The van der Waals surface area contributed by atoms with Crippen LogP contribution >= 0.6 is 0 Å². The van der Waals surface area contributed by atoms with Crippen LogP contribution in [0.3, 0.4) is 0 Å². The predicted octanol–water partition coefficient (Wildman–Crippen LogP) is 4.70. The summed E-state index contributed by atoms with van der Waals surface area (Å²) in [7, 11) is 0. The standard InChI is InChI=1S/C24H31N3O/c1-23(2)16-13-14-24(3,15-16)22(23)25-21(28)20-18-11-7-8-12-19(18)27(26-20)17-9-5-4-6-10-17/h4-6,9-10,16,22H,7-8,11-15H2,1-3H3,(H,25,28). The highest BCUT2D eigenvalue weighted by molar-refractivity contribution is 5.94. The van der Waals surface area contributed by atoms with Gasteiger partial charge in [-0.15, -0.1) is 0 Å². The van der Waals surface area contributed by atoms with Gasteiger partial charge < -0.3 is 5.32 Å². The molecule has 2 saturated carbocycles. The van der Waals surface area contributed by atoms with Gasteiger partial charge in [0.05, 0.1) is 5.69 Å². The van der Waals surface area contributed by atoms with Gasteiger partial charge in [0.1, 0.15) is 0 Å². The summed E-state index contributed by atoms with van der Waals surface area (Å²) in [6, 6.07) is 10.5. The fraction of sp³-hybridized carbons (Fsp3) is 0.583. The minimum atomic E-state index is 0.0275. The van der Waals surface area contributed by atoms with E-state index >= 15 is 0 Å². The summed E-state index contributed by atoms with van der Waals surface area (Å²) in [6.45, 7) is 7.04. The molecule has 1 heterocycles. The molecule has 3 aliphatic carbocycles. The van der Waals surface area contributed by atoms with Crippen molar-refractivity contribution in [3.8, 4) is 5.69 Å². The van der Waals surface area contributed by atoms with Crippen molar-refractivity contribution < 1.29 is 4.79 Å². The molecule has 4 nitrogen and oxygen atoms in total. The van der Waals surface area contributed by atoms with Crippen LogP contribution in [0, 0.1) is 16.7 Å². The molecular formula is C24H31N3O. The van der Waals surface area contributed by atoms with E-state index in [1.54, 1.807) is 0 Å². The van der Waals surface area contributed by atoms with Crippen LogP contribution < -0.4 is 5.32 Å². The van der Waals surface area contributed by atoms with Crippen molar-refractivity contribution in [3.05, 3.63) is 47.3 Å². The molecule has 0 aliphatic heterocycles. The zero-order valence-corrected chi connectivity index (χ0v) is 17.3. The Morgan fingerprint density at radius 1 is 1.14 bits per heavy atom. The number of carbonyl (C=O) groups excluding carboxylic acids is 1. The fourth-order valence-corrected chi connectivity index (χ4v) is 6.43. The third kappa shape index (κ3) is 2.57. The van der Waals surface area contributed by atoms with Gasteiger partial charge in [0.25, 0.3) is 5.91 Å². The Balaban J connectivity index is 1.50. The zero-order valence-electron chi connectivity index (χ0n) is 17.3. The van der Waals surface area contributed by atoms with E-state index in [9.17, 15) is 4.79 Å². The van der Waals surface area contributed by atoms with Gasteiger partial charge in [-0.25, -0.2) is 4.68 Å². The van der Waals surface area contributed by atoms with Gasteiger partial charge in [-0.3, -0.25) is 4.79 Å². The van der Waals surface area contributed by atoms with Crippen LogP contribution in [0.15, 0.2) is 30.3 Å². The van der Waals surface area contributed by atoms with E-state index in [1.165, 1.54) is 36.9 Å². The van der Waals surface area contributed by atoms with Crippen molar-refractivity contribution in [1.29, 1.82) is 0 Å². The number of hydrogen-bond acceptors (Lipinski definition) is 2. The number of para-hydroxylation sites is 1. The summed E-state index contributed by atoms with van der Waals surface area (Å²) in [4.78, 5) is 13.4. The molecule has 2 bridgehead atoms. The molecule has 0 spiro atoms. The third-order valence-electron chi connectivity index (χ3n) is 7.94. The number of fused-ring (bicyclic) bond motifs is 3. The van der Waals surface area contributed by atoms with Gasteiger partial charge in [0.2, 0.25) is 0 Å². The molecule has 1 N–H and O–H groups in total. The summed E-state index contributed by atoms with van der Waals surface area (Å²) in [6.07, 6.45) is 8.03. The first-order chi connectivity index (χ1) is 13.4. The van der Waals surface area contributed by atoms with Crippen molar-refractivity contribution in [1.82, 2.24) is 15.1 Å². The van der Waals surface area contributed by atoms with E-state index in [2.05, 4.69) is 38.2 Å². The normalized spacial score (nSPS) is 30.2. The molecule has 28 heavy (non-hydrogen) atoms. The van der Waals surface area contributed by atoms with E-state index in [0.29, 0.717) is 5.69 Å². The van der Waals surface area contributed by atoms with Gasteiger partial charge in [-0.05, 0) is 73.8 Å². The smallest absolute Gasteiger partial charge is 0.272 e. The Morgan fingerprint density at radius 2 is 1.89 bits per heavy atom. The molecule has 4 heteroatoms.